The number of carbonyl (C=O) groups is 1. The first kappa shape index (κ1) is 10.7. The van der Waals surface area contributed by atoms with Crippen LogP contribution >= 0.6 is 0 Å². The van der Waals surface area contributed by atoms with Crippen LogP contribution in [0.1, 0.15) is 18.0 Å². The van der Waals surface area contributed by atoms with Gasteiger partial charge in [0.25, 0.3) is 0 Å². The number of hydrogen-bond donors (Lipinski definition) is 1. The molecule has 0 saturated heterocycles. The Balaban J connectivity index is 2.74. The maximum atomic E-state index is 13.2. The summed E-state index contributed by atoms with van der Waals surface area (Å²) in [7, 11) is 1.27. The molecular weight excluding hydrogens is 185 g/mol. The summed E-state index contributed by atoms with van der Waals surface area (Å²) >= 11 is 0. The highest BCUT2D eigenvalue weighted by molar-refractivity contribution is 5.70. The number of benzene rings is 1. The van der Waals surface area contributed by atoms with Crippen molar-refractivity contribution < 1.29 is 13.9 Å². The Kier molecular flexibility index (Phi) is 3.59. The topological polar surface area (TPSA) is 52.3 Å². The maximum Gasteiger partial charge on any atom is 0.307 e. The molecule has 0 heterocycles. The standard InChI is InChI=1S/C10H12FNO2/c1-14-10(13)6-9(12)7-4-2-3-5-8(7)11/h2-5,9H,6,12H2,1H3/t9-/m0/s1. The van der Waals surface area contributed by atoms with Crippen molar-refractivity contribution in [3.8, 4) is 0 Å². The van der Waals surface area contributed by atoms with E-state index >= 15 is 0 Å². The molecule has 0 unspecified atom stereocenters. The number of nitrogens with two attached hydrogens (primary N) is 1. The minimum absolute atomic E-state index is 0.0164. The molecule has 76 valence electrons. The van der Waals surface area contributed by atoms with Gasteiger partial charge in [-0.25, -0.2) is 4.39 Å². The van der Waals surface area contributed by atoms with Gasteiger partial charge in [0.2, 0.25) is 0 Å². The highest BCUT2D eigenvalue weighted by atomic mass is 19.1. The van der Waals surface area contributed by atoms with E-state index in [0.29, 0.717) is 5.56 Å². The molecule has 1 rings (SSSR count). The predicted molar refractivity (Wildman–Crippen MR) is 50.0 cm³/mol. The van der Waals surface area contributed by atoms with Crippen LogP contribution in [0.2, 0.25) is 0 Å². The van der Waals surface area contributed by atoms with Crippen LogP contribution < -0.4 is 5.73 Å². The highest BCUT2D eigenvalue weighted by Gasteiger charge is 2.14. The fourth-order valence-electron chi connectivity index (χ4n) is 1.15. The van der Waals surface area contributed by atoms with Gasteiger partial charge in [-0.2, -0.15) is 0 Å². The summed E-state index contributed by atoms with van der Waals surface area (Å²) in [5.74, 6) is -0.843. The molecule has 0 aliphatic rings. The first-order valence-electron chi connectivity index (χ1n) is 4.22. The highest BCUT2D eigenvalue weighted by Crippen LogP contribution is 2.17. The maximum absolute atomic E-state index is 13.2. The molecule has 0 fully saturated rings. The Morgan fingerprint density at radius 1 is 1.57 bits per heavy atom. The van der Waals surface area contributed by atoms with Gasteiger partial charge in [0.15, 0.2) is 0 Å². The third-order valence-electron chi connectivity index (χ3n) is 1.92. The molecule has 0 radical (unpaired) electrons. The van der Waals surface area contributed by atoms with Gasteiger partial charge in [-0.15, -0.1) is 0 Å². The van der Waals surface area contributed by atoms with Gasteiger partial charge < -0.3 is 10.5 Å². The summed E-state index contributed by atoms with van der Waals surface area (Å²) in [5.41, 5.74) is 5.96. The first-order valence-corrected chi connectivity index (χ1v) is 4.22. The average molecular weight is 197 g/mol. The lowest BCUT2D eigenvalue weighted by molar-refractivity contribution is -0.141. The second-order valence-electron chi connectivity index (χ2n) is 2.91. The van der Waals surface area contributed by atoms with E-state index in [1.807, 2.05) is 0 Å². The molecule has 4 heteroatoms. The smallest absolute Gasteiger partial charge is 0.307 e. The summed E-state index contributed by atoms with van der Waals surface area (Å²) in [6.07, 6.45) is -0.0164. The third-order valence-corrected chi connectivity index (χ3v) is 1.92. The van der Waals surface area contributed by atoms with E-state index in [0.717, 1.165) is 0 Å². The van der Waals surface area contributed by atoms with E-state index in [1.165, 1.54) is 13.2 Å². The van der Waals surface area contributed by atoms with Gasteiger partial charge >= 0.3 is 5.97 Å². The van der Waals surface area contributed by atoms with E-state index < -0.39 is 17.8 Å². The largest absolute Gasteiger partial charge is 0.469 e. The molecular formula is C10H12FNO2. The molecule has 1 atom stereocenters. The average Bonchev–Trinajstić information content (AvgIpc) is 2.18. The van der Waals surface area contributed by atoms with Crippen LogP contribution in [-0.2, 0) is 9.53 Å². The fourth-order valence-corrected chi connectivity index (χ4v) is 1.15. The summed E-state index contributed by atoms with van der Waals surface area (Å²) in [6.45, 7) is 0. The normalized spacial score (nSPS) is 12.2. The second kappa shape index (κ2) is 4.72. The van der Waals surface area contributed by atoms with Gasteiger partial charge in [-0.3, -0.25) is 4.79 Å². The zero-order chi connectivity index (χ0) is 10.6. The number of halogens is 1. The molecule has 1 aromatic rings. The van der Waals surface area contributed by atoms with Crippen molar-refractivity contribution in [1.82, 2.24) is 0 Å². The Bertz CT molecular complexity index is 328. The van der Waals surface area contributed by atoms with Crippen molar-refractivity contribution in [2.24, 2.45) is 5.73 Å². The molecule has 14 heavy (non-hydrogen) atoms. The Morgan fingerprint density at radius 2 is 2.21 bits per heavy atom. The molecule has 0 amide bonds. The van der Waals surface area contributed by atoms with Crippen LogP contribution in [0.5, 0.6) is 0 Å². The summed E-state index contributed by atoms with van der Waals surface area (Å²) < 4.78 is 17.6. The second-order valence-corrected chi connectivity index (χ2v) is 2.91. The van der Waals surface area contributed by atoms with Crippen molar-refractivity contribution in [1.29, 1.82) is 0 Å². The lowest BCUT2D eigenvalue weighted by Crippen LogP contribution is -2.17. The molecule has 2 N–H and O–H groups in total. The number of carbonyl (C=O) groups excluding carboxylic acids is 1. The summed E-state index contributed by atoms with van der Waals surface area (Å²) in [6, 6.07) is 5.47. The molecule has 3 nitrogen and oxygen atoms in total. The van der Waals surface area contributed by atoms with E-state index in [9.17, 15) is 9.18 Å². The summed E-state index contributed by atoms with van der Waals surface area (Å²) in [4.78, 5) is 10.9. The Labute approximate surface area is 81.7 Å². The van der Waals surface area contributed by atoms with E-state index in [2.05, 4.69) is 4.74 Å². The monoisotopic (exact) mass is 197 g/mol. The van der Waals surface area contributed by atoms with Crippen LogP contribution in [0.15, 0.2) is 24.3 Å². The van der Waals surface area contributed by atoms with E-state index in [1.54, 1.807) is 18.2 Å². The quantitative estimate of drug-likeness (QED) is 0.745. The van der Waals surface area contributed by atoms with Crippen LogP contribution in [0.25, 0.3) is 0 Å². The van der Waals surface area contributed by atoms with E-state index in [4.69, 9.17) is 5.73 Å². The Hall–Kier alpha value is -1.42. The van der Waals surface area contributed by atoms with Crippen molar-refractivity contribution in [3.63, 3.8) is 0 Å². The van der Waals surface area contributed by atoms with Gasteiger partial charge in [0.1, 0.15) is 5.82 Å². The van der Waals surface area contributed by atoms with Gasteiger partial charge in [-0.05, 0) is 6.07 Å². The van der Waals surface area contributed by atoms with Gasteiger partial charge in [0.05, 0.1) is 13.5 Å². The van der Waals surface area contributed by atoms with Crippen molar-refractivity contribution in [2.75, 3.05) is 7.11 Å². The van der Waals surface area contributed by atoms with Crippen molar-refractivity contribution >= 4 is 5.97 Å². The molecule has 0 bridgehead atoms. The number of hydrogen-bond acceptors (Lipinski definition) is 3. The lowest BCUT2D eigenvalue weighted by Gasteiger charge is -2.10. The Morgan fingerprint density at radius 3 is 2.79 bits per heavy atom. The molecule has 1 aromatic carbocycles. The van der Waals surface area contributed by atoms with E-state index in [-0.39, 0.29) is 6.42 Å². The number of rotatable bonds is 3. The zero-order valence-electron chi connectivity index (χ0n) is 7.87. The van der Waals surface area contributed by atoms with Crippen LogP contribution in [0.3, 0.4) is 0 Å². The van der Waals surface area contributed by atoms with Crippen LogP contribution in [0.4, 0.5) is 4.39 Å². The third kappa shape index (κ3) is 2.53. The molecule has 0 spiro atoms. The zero-order valence-corrected chi connectivity index (χ0v) is 7.87. The van der Waals surface area contributed by atoms with Gasteiger partial charge in [0, 0.05) is 11.6 Å². The molecule has 0 aliphatic carbocycles. The number of esters is 1. The van der Waals surface area contributed by atoms with Crippen molar-refractivity contribution in [3.05, 3.63) is 35.6 Å². The van der Waals surface area contributed by atoms with Crippen LogP contribution in [0, 0.1) is 5.82 Å². The lowest BCUT2D eigenvalue weighted by atomic mass is 10.0. The van der Waals surface area contributed by atoms with Gasteiger partial charge in [-0.1, -0.05) is 18.2 Å². The first-order chi connectivity index (χ1) is 6.65. The predicted octanol–water partition coefficient (Wildman–Crippen LogP) is 1.39. The number of ether oxygens (including phenoxy) is 1. The van der Waals surface area contributed by atoms with Crippen LogP contribution in [-0.4, -0.2) is 13.1 Å². The minimum atomic E-state index is -0.649. The fraction of sp³-hybridized carbons (Fsp3) is 0.300. The summed E-state index contributed by atoms with van der Waals surface area (Å²) in [5, 5.41) is 0. The molecule has 0 aromatic heterocycles. The molecule has 0 saturated carbocycles. The van der Waals surface area contributed by atoms with Crippen molar-refractivity contribution in [2.45, 2.75) is 12.5 Å². The number of methoxy groups -OCH3 is 1. The molecule has 0 aliphatic heterocycles. The SMILES string of the molecule is COC(=O)C[C@H](N)c1ccccc1F. The minimum Gasteiger partial charge on any atom is -0.469 e.